The van der Waals surface area contributed by atoms with Crippen LogP contribution in [0.25, 0.3) is 11.1 Å². The maximum absolute atomic E-state index is 15.3. The summed E-state index contributed by atoms with van der Waals surface area (Å²) >= 11 is 0. The van der Waals surface area contributed by atoms with Crippen LogP contribution < -0.4 is 5.32 Å². The van der Waals surface area contributed by atoms with Crippen LogP contribution in [0.15, 0.2) is 54.9 Å². The van der Waals surface area contributed by atoms with Crippen molar-refractivity contribution in [1.29, 1.82) is 0 Å². The van der Waals surface area contributed by atoms with Gasteiger partial charge in [0.25, 0.3) is 5.91 Å². The van der Waals surface area contributed by atoms with E-state index in [1.807, 2.05) is 45.9 Å². The van der Waals surface area contributed by atoms with Crippen molar-refractivity contribution in [2.24, 2.45) is 17.3 Å². The van der Waals surface area contributed by atoms with Crippen LogP contribution in [0, 0.1) is 42.7 Å². The van der Waals surface area contributed by atoms with Crippen LogP contribution >= 0.6 is 0 Å². The number of halogens is 2. The number of hydrogen-bond donors (Lipinski definition) is 2. The third-order valence-electron chi connectivity index (χ3n) is 8.56. The lowest BCUT2D eigenvalue weighted by Gasteiger charge is -2.31. The van der Waals surface area contributed by atoms with Crippen LogP contribution in [-0.4, -0.2) is 45.4 Å². The second kappa shape index (κ2) is 10.1. The molecule has 4 atom stereocenters. The summed E-state index contributed by atoms with van der Waals surface area (Å²) in [5.41, 5.74) is 2.69. The van der Waals surface area contributed by atoms with E-state index in [0.29, 0.717) is 23.2 Å². The van der Waals surface area contributed by atoms with Gasteiger partial charge in [0.2, 0.25) is 5.91 Å². The van der Waals surface area contributed by atoms with E-state index in [0.717, 1.165) is 17.2 Å². The van der Waals surface area contributed by atoms with Gasteiger partial charge in [0.05, 0.1) is 12.5 Å². The van der Waals surface area contributed by atoms with Crippen molar-refractivity contribution in [1.82, 2.24) is 15.2 Å². The van der Waals surface area contributed by atoms with Gasteiger partial charge in [-0.05, 0) is 77.6 Å². The monoisotopic (exact) mass is 547 g/mol. The second-order valence-electron chi connectivity index (χ2n) is 11.4. The Balaban J connectivity index is 1.51. The Morgan fingerprint density at radius 3 is 2.38 bits per heavy atom. The van der Waals surface area contributed by atoms with E-state index in [-0.39, 0.29) is 28.7 Å². The zero-order valence-electron chi connectivity index (χ0n) is 22.7. The first-order valence-electron chi connectivity index (χ1n) is 13.2. The molecule has 0 bridgehead atoms. The number of amides is 2. The minimum absolute atomic E-state index is 0.0912. The molecule has 1 aromatic heterocycles. The highest BCUT2D eigenvalue weighted by atomic mass is 19.2. The molecule has 1 saturated heterocycles. The van der Waals surface area contributed by atoms with E-state index in [9.17, 15) is 23.9 Å². The van der Waals surface area contributed by atoms with Crippen molar-refractivity contribution >= 4 is 17.8 Å². The summed E-state index contributed by atoms with van der Waals surface area (Å²) in [6, 6.07) is 8.93. The van der Waals surface area contributed by atoms with Crippen molar-refractivity contribution in [2.45, 2.75) is 46.2 Å². The number of rotatable bonds is 7. The van der Waals surface area contributed by atoms with Crippen LogP contribution in [0.2, 0.25) is 0 Å². The SMILES string of the molecule is Cc1cccc(C)c1-c1cc(F)c(F)c([C@H](CC(=O)O)NC(=O)[C@@H]2[C@@H]3[C@H](CN2C(=O)c2ccncc2)C3(C)C)c1. The van der Waals surface area contributed by atoms with Gasteiger partial charge in [-0.15, -0.1) is 0 Å². The standard InChI is InChI=1S/C31H31F2N3O4/c1-16-6-5-7-17(2)25(16)19-12-20(27(33)22(32)13-19)23(14-24(37)38)35-29(39)28-26-21(31(26,3)4)15-36(28)30(40)18-8-10-34-11-9-18/h5-13,21,23,26,28H,14-15H2,1-4H3,(H,35,39)(H,37,38)/t21-,23-,26-,28-/m0/s1. The lowest BCUT2D eigenvalue weighted by molar-refractivity contribution is -0.138. The summed E-state index contributed by atoms with van der Waals surface area (Å²) in [4.78, 5) is 44.4. The zero-order valence-corrected chi connectivity index (χ0v) is 22.7. The molecule has 2 fully saturated rings. The van der Waals surface area contributed by atoms with E-state index < -0.39 is 42.0 Å². The van der Waals surface area contributed by atoms with Crippen molar-refractivity contribution in [3.05, 3.63) is 88.7 Å². The molecule has 7 nitrogen and oxygen atoms in total. The molecule has 1 aliphatic carbocycles. The number of nitrogens with zero attached hydrogens (tertiary/aromatic N) is 2. The summed E-state index contributed by atoms with van der Waals surface area (Å²) in [5, 5.41) is 12.3. The number of nitrogens with one attached hydrogen (secondary N) is 1. The van der Waals surface area contributed by atoms with E-state index >= 15 is 4.39 Å². The van der Waals surface area contributed by atoms with E-state index in [4.69, 9.17) is 0 Å². The Morgan fingerprint density at radius 2 is 1.75 bits per heavy atom. The molecule has 3 aromatic rings. The molecule has 5 rings (SSSR count). The summed E-state index contributed by atoms with van der Waals surface area (Å²) < 4.78 is 30.2. The fourth-order valence-electron chi connectivity index (χ4n) is 6.40. The summed E-state index contributed by atoms with van der Waals surface area (Å²) in [5.74, 6) is -4.64. The van der Waals surface area contributed by atoms with Crippen LogP contribution in [0.4, 0.5) is 8.78 Å². The van der Waals surface area contributed by atoms with Gasteiger partial charge in [-0.2, -0.15) is 0 Å². The molecule has 40 heavy (non-hydrogen) atoms. The first kappa shape index (κ1) is 27.4. The molecule has 1 saturated carbocycles. The number of aromatic nitrogens is 1. The Labute approximate surface area is 231 Å². The highest BCUT2D eigenvalue weighted by Crippen LogP contribution is 2.65. The molecule has 208 valence electrons. The number of carboxylic acids is 1. The van der Waals surface area contributed by atoms with Crippen molar-refractivity contribution < 1.29 is 28.3 Å². The lowest BCUT2D eigenvalue weighted by atomic mass is 9.91. The third kappa shape index (κ3) is 4.74. The number of fused-ring (bicyclic) bond motifs is 1. The van der Waals surface area contributed by atoms with Gasteiger partial charge in [0, 0.05) is 30.1 Å². The fraction of sp³-hybridized carbons (Fsp3) is 0.355. The average Bonchev–Trinajstić information content (AvgIpc) is 3.22. The van der Waals surface area contributed by atoms with Gasteiger partial charge >= 0.3 is 5.97 Å². The number of carbonyl (C=O) groups excluding carboxylic acids is 2. The Morgan fingerprint density at radius 1 is 1.10 bits per heavy atom. The molecule has 0 unspecified atom stereocenters. The molecule has 1 aliphatic heterocycles. The minimum atomic E-state index is -1.36. The van der Waals surface area contributed by atoms with Gasteiger partial charge in [-0.25, -0.2) is 8.78 Å². The largest absolute Gasteiger partial charge is 0.481 e. The normalized spacial score (nSPS) is 21.4. The molecule has 2 heterocycles. The zero-order chi connectivity index (χ0) is 28.9. The third-order valence-corrected chi connectivity index (χ3v) is 8.56. The highest BCUT2D eigenvalue weighted by molar-refractivity contribution is 5.98. The number of benzene rings is 2. The van der Waals surface area contributed by atoms with Crippen molar-refractivity contribution in [3.8, 4) is 11.1 Å². The van der Waals surface area contributed by atoms with Crippen LogP contribution in [-0.2, 0) is 9.59 Å². The molecular weight excluding hydrogens is 516 g/mol. The number of likely N-dealkylation sites (tertiary alicyclic amines) is 1. The lowest BCUT2D eigenvalue weighted by Crippen LogP contribution is -2.50. The summed E-state index contributed by atoms with van der Waals surface area (Å²) in [6.45, 7) is 8.11. The Hall–Kier alpha value is -4.14. The molecule has 2 aromatic carbocycles. The predicted molar refractivity (Wildman–Crippen MR) is 144 cm³/mol. The molecule has 2 aliphatic rings. The first-order valence-corrected chi connectivity index (χ1v) is 13.2. The highest BCUT2D eigenvalue weighted by Gasteiger charge is 2.69. The molecule has 0 radical (unpaired) electrons. The molecular formula is C31H31F2N3O4. The summed E-state index contributed by atoms with van der Waals surface area (Å²) in [6.07, 6.45) is 2.32. The van der Waals surface area contributed by atoms with E-state index in [2.05, 4.69) is 10.3 Å². The number of hydrogen-bond acceptors (Lipinski definition) is 4. The van der Waals surface area contributed by atoms with E-state index in [1.165, 1.54) is 23.4 Å². The van der Waals surface area contributed by atoms with Gasteiger partial charge in [-0.3, -0.25) is 19.4 Å². The maximum atomic E-state index is 15.3. The van der Waals surface area contributed by atoms with Crippen LogP contribution in [0.3, 0.4) is 0 Å². The molecule has 2 N–H and O–H groups in total. The molecule has 0 spiro atoms. The molecule has 2 amide bonds. The number of piperidine rings is 1. The fourth-order valence-corrected chi connectivity index (χ4v) is 6.40. The minimum Gasteiger partial charge on any atom is -0.481 e. The van der Waals surface area contributed by atoms with Gasteiger partial charge < -0.3 is 15.3 Å². The summed E-state index contributed by atoms with van der Waals surface area (Å²) in [7, 11) is 0. The Bertz CT molecular complexity index is 1490. The topological polar surface area (TPSA) is 99.6 Å². The first-order chi connectivity index (χ1) is 18.9. The predicted octanol–water partition coefficient (Wildman–Crippen LogP) is 5.07. The number of aryl methyl sites for hydroxylation is 2. The van der Waals surface area contributed by atoms with Gasteiger partial charge in [0.15, 0.2) is 11.6 Å². The van der Waals surface area contributed by atoms with E-state index in [1.54, 1.807) is 12.1 Å². The quantitative estimate of drug-likeness (QED) is 0.430. The smallest absolute Gasteiger partial charge is 0.305 e. The number of pyridine rings is 1. The number of aliphatic carboxylic acids is 1. The number of carboxylic acid groups (broad SMARTS) is 1. The maximum Gasteiger partial charge on any atom is 0.305 e. The molecule has 9 heteroatoms. The second-order valence-corrected chi connectivity index (χ2v) is 11.4. The van der Waals surface area contributed by atoms with Gasteiger partial charge in [-0.1, -0.05) is 32.0 Å². The number of carbonyl (C=O) groups is 3. The Kier molecular flexibility index (Phi) is 6.94. The van der Waals surface area contributed by atoms with Gasteiger partial charge in [0.1, 0.15) is 6.04 Å². The van der Waals surface area contributed by atoms with Crippen molar-refractivity contribution in [3.63, 3.8) is 0 Å². The van der Waals surface area contributed by atoms with Crippen molar-refractivity contribution in [2.75, 3.05) is 6.54 Å². The van der Waals surface area contributed by atoms with Crippen LogP contribution in [0.1, 0.15) is 53.4 Å². The van der Waals surface area contributed by atoms with Crippen LogP contribution in [0.5, 0.6) is 0 Å². The average molecular weight is 548 g/mol.